The Balaban J connectivity index is 0. The minimum Gasteiger partial charge on any atom is -0.545 e. The molecule has 13 heavy (non-hydrogen) atoms. The van der Waals surface area contributed by atoms with Crippen molar-refractivity contribution in [2.45, 2.75) is 13.8 Å². The van der Waals surface area contributed by atoms with Crippen molar-refractivity contribution in [1.29, 1.82) is 0 Å². The standard InChI is InChI=1S/C5H14N.C4H5ClO2/c1-5-6(2,3)4;1-3(2-5)4(6)7/h5H2,1-4H3;2H,1H3,(H,6,7)/q+1;/p-1/b;3-2+. The van der Waals surface area contributed by atoms with E-state index in [0.29, 0.717) is 0 Å². The molecule has 0 aliphatic carbocycles. The molecule has 0 saturated heterocycles. The average Bonchev–Trinajstić information content (AvgIpc) is 2.02. The van der Waals surface area contributed by atoms with Crippen LogP contribution in [0.5, 0.6) is 0 Å². The van der Waals surface area contributed by atoms with Crippen LogP contribution in [0.15, 0.2) is 11.1 Å². The van der Waals surface area contributed by atoms with Gasteiger partial charge in [-0.15, -0.1) is 0 Å². The number of hydrogen-bond donors (Lipinski definition) is 0. The van der Waals surface area contributed by atoms with E-state index in [1.807, 2.05) is 0 Å². The van der Waals surface area contributed by atoms with Crippen LogP contribution in [0.1, 0.15) is 13.8 Å². The molecule has 0 spiro atoms. The quantitative estimate of drug-likeness (QED) is 0.491. The monoisotopic (exact) mass is 207 g/mol. The predicted octanol–water partition coefficient (Wildman–Crippen LogP) is 0.591. The van der Waals surface area contributed by atoms with E-state index in [1.165, 1.54) is 13.5 Å². The van der Waals surface area contributed by atoms with Gasteiger partial charge in [-0.2, -0.15) is 0 Å². The Morgan fingerprint density at radius 2 is 1.77 bits per heavy atom. The Labute approximate surface area is 85.2 Å². The van der Waals surface area contributed by atoms with Crippen molar-refractivity contribution in [2.24, 2.45) is 0 Å². The molecule has 0 aromatic carbocycles. The molecule has 78 valence electrons. The van der Waals surface area contributed by atoms with E-state index in [9.17, 15) is 9.90 Å². The van der Waals surface area contributed by atoms with Crippen molar-refractivity contribution in [2.75, 3.05) is 27.7 Å². The van der Waals surface area contributed by atoms with Crippen LogP contribution < -0.4 is 5.11 Å². The van der Waals surface area contributed by atoms with Gasteiger partial charge in [-0.3, -0.25) is 0 Å². The van der Waals surface area contributed by atoms with E-state index in [-0.39, 0.29) is 5.57 Å². The third-order valence-electron chi connectivity index (χ3n) is 1.43. The van der Waals surface area contributed by atoms with Crippen molar-refractivity contribution in [3.05, 3.63) is 11.1 Å². The summed E-state index contributed by atoms with van der Waals surface area (Å²) in [6.07, 6.45) is 0. The molecule has 4 heteroatoms. The van der Waals surface area contributed by atoms with Crippen LogP contribution in [-0.2, 0) is 4.79 Å². The highest BCUT2D eigenvalue weighted by Gasteiger charge is 1.97. The summed E-state index contributed by atoms with van der Waals surface area (Å²) in [6, 6.07) is 0. The smallest absolute Gasteiger partial charge is 0.0751 e. The van der Waals surface area contributed by atoms with Crippen LogP contribution in [0.25, 0.3) is 0 Å². The summed E-state index contributed by atoms with van der Waals surface area (Å²) in [5, 5.41) is 9.67. The van der Waals surface area contributed by atoms with Crippen LogP contribution in [0.2, 0.25) is 0 Å². The molecule has 0 unspecified atom stereocenters. The van der Waals surface area contributed by atoms with Crippen LogP contribution >= 0.6 is 11.6 Å². The number of carbonyl (C=O) groups is 1. The van der Waals surface area contributed by atoms with Crippen LogP contribution in [0.4, 0.5) is 0 Å². The molecule has 0 radical (unpaired) electrons. The fraction of sp³-hybridized carbons (Fsp3) is 0.667. The highest BCUT2D eigenvalue weighted by molar-refractivity contribution is 6.27. The lowest BCUT2D eigenvalue weighted by atomic mass is 10.4. The second kappa shape index (κ2) is 6.92. The van der Waals surface area contributed by atoms with Gasteiger partial charge in [0.15, 0.2) is 0 Å². The van der Waals surface area contributed by atoms with Crippen molar-refractivity contribution in [3.8, 4) is 0 Å². The van der Waals surface area contributed by atoms with Gasteiger partial charge in [0.1, 0.15) is 0 Å². The van der Waals surface area contributed by atoms with E-state index in [4.69, 9.17) is 11.6 Å². The van der Waals surface area contributed by atoms with Crippen molar-refractivity contribution >= 4 is 17.6 Å². The Morgan fingerprint density at radius 1 is 1.46 bits per heavy atom. The first-order chi connectivity index (χ1) is 5.74. The van der Waals surface area contributed by atoms with Gasteiger partial charge in [0.25, 0.3) is 0 Å². The summed E-state index contributed by atoms with van der Waals surface area (Å²) < 4.78 is 1.07. The summed E-state index contributed by atoms with van der Waals surface area (Å²) in [6.45, 7) is 4.75. The normalized spacial score (nSPS) is 11.7. The summed E-state index contributed by atoms with van der Waals surface area (Å²) in [4.78, 5) is 9.67. The number of rotatable bonds is 2. The predicted molar refractivity (Wildman–Crippen MR) is 53.2 cm³/mol. The molecule has 0 heterocycles. The van der Waals surface area contributed by atoms with E-state index in [2.05, 4.69) is 28.1 Å². The SMILES string of the molecule is C/C(=C\Cl)C(=O)[O-].CC[N+](C)(C)C. The zero-order chi connectivity index (χ0) is 11.1. The first-order valence-corrected chi connectivity index (χ1v) is 4.47. The van der Waals surface area contributed by atoms with E-state index in [0.717, 1.165) is 10.0 Å². The number of carbonyl (C=O) groups excluding carboxylic acids is 1. The van der Waals surface area contributed by atoms with Crippen LogP contribution in [0, 0.1) is 0 Å². The van der Waals surface area contributed by atoms with E-state index >= 15 is 0 Å². The van der Waals surface area contributed by atoms with Gasteiger partial charge in [0, 0.05) is 5.54 Å². The molecule has 0 fully saturated rings. The van der Waals surface area contributed by atoms with Gasteiger partial charge in [-0.1, -0.05) is 11.6 Å². The van der Waals surface area contributed by atoms with Crippen LogP contribution in [-0.4, -0.2) is 38.1 Å². The highest BCUT2D eigenvalue weighted by atomic mass is 35.5. The molecule has 0 atom stereocenters. The second-order valence-corrected chi connectivity index (χ2v) is 3.90. The van der Waals surface area contributed by atoms with Gasteiger partial charge in [0.05, 0.1) is 33.7 Å². The topological polar surface area (TPSA) is 40.1 Å². The molecule has 0 saturated carbocycles. The number of hydrogen-bond acceptors (Lipinski definition) is 2. The van der Waals surface area contributed by atoms with Crippen molar-refractivity contribution in [1.82, 2.24) is 0 Å². The van der Waals surface area contributed by atoms with Gasteiger partial charge >= 0.3 is 0 Å². The molecule has 3 nitrogen and oxygen atoms in total. The molecule has 0 aliphatic rings. The van der Waals surface area contributed by atoms with Crippen molar-refractivity contribution < 1.29 is 14.4 Å². The maximum absolute atomic E-state index is 9.67. The third-order valence-corrected chi connectivity index (χ3v) is 1.76. The summed E-state index contributed by atoms with van der Waals surface area (Å²) >= 11 is 4.96. The maximum atomic E-state index is 9.67. The van der Waals surface area contributed by atoms with E-state index in [1.54, 1.807) is 0 Å². The Morgan fingerprint density at radius 3 is 1.77 bits per heavy atom. The average molecular weight is 208 g/mol. The lowest BCUT2D eigenvalue weighted by molar-refractivity contribution is -0.868. The fourth-order valence-electron chi connectivity index (χ4n) is 0.0445. The summed E-state index contributed by atoms with van der Waals surface area (Å²) in [7, 11) is 6.54. The van der Waals surface area contributed by atoms with Crippen LogP contribution in [0.3, 0.4) is 0 Å². The minimum atomic E-state index is -1.23. The number of aliphatic carboxylic acids is 1. The molecule has 0 rings (SSSR count). The fourth-order valence-corrected chi connectivity index (χ4v) is 0.134. The largest absolute Gasteiger partial charge is 0.545 e. The van der Waals surface area contributed by atoms with Gasteiger partial charge in [-0.25, -0.2) is 0 Å². The number of carboxylic acid groups (broad SMARTS) is 1. The van der Waals surface area contributed by atoms with Crippen molar-refractivity contribution in [3.63, 3.8) is 0 Å². The van der Waals surface area contributed by atoms with E-state index < -0.39 is 5.97 Å². The molecular formula is C9H18ClNO2. The molecule has 0 aromatic heterocycles. The molecule has 0 aromatic rings. The molecule has 0 amide bonds. The Hall–Kier alpha value is -0.540. The number of carboxylic acids is 1. The molecule has 0 aliphatic heterocycles. The number of quaternary nitrogens is 1. The number of nitrogens with zero attached hydrogens (tertiary/aromatic N) is 1. The van der Waals surface area contributed by atoms with Gasteiger partial charge < -0.3 is 14.4 Å². The lowest BCUT2D eigenvalue weighted by Gasteiger charge is -2.20. The summed E-state index contributed by atoms with van der Waals surface area (Å²) in [5.41, 5.74) is 1.01. The first-order valence-electron chi connectivity index (χ1n) is 4.03. The zero-order valence-corrected chi connectivity index (χ0v) is 9.68. The molecular weight excluding hydrogens is 190 g/mol. The molecule has 0 bridgehead atoms. The highest BCUT2D eigenvalue weighted by Crippen LogP contribution is 1.90. The third kappa shape index (κ3) is 14.3. The first kappa shape index (κ1) is 15.0. The second-order valence-electron chi connectivity index (χ2n) is 3.69. The maximum Gasteiger partial charge on any atom is 0.0751 e. The van der Waals surface area contributed by atoms with Gasteiger partial charge in [0.2, 0.25) is 0 Å². The zero-order valence-electron chi connectivity index (χ0n) is 8.93. The number of halogens is 1. The molecule has 0 N–H and O–H groups in total. The summed E-state index contributed by atoms with van der Waals surface area (Å²) in [5.74, 6) is -1.23. The van der Waals surface area contributed by atoms with Gasteiger partial charge in [-0.05, 0) is 19.4 Å². The minimum absolute atomic E-state index is 0.0432. The lowest BCUT2D eigenvalue weighted by Crippen LogP contribution is -2.33. The Kier molecular flexibility index (Phi) is 7.96. The Bertz CT molecular complexity index is 183.